The van der Waals surface area contributed by atoms with Crippen LogP contribution in [-0.4, -0.2) is 57.8 Å². The van der Waals surface area contributed by atoms with E-state index in [0.717, 1.165) is 28.5 Å². The van der Waals surface area contributed by atoms with Crippen LogP contribution < -0.4 is 10.2 Å². The average molecular weight is 401 g/mol. The molecule has 1 aliphatic carbocycles. The smallest absolute Gasteiger partial charge is 0.270 e. The first-order valence-corrected chi connectivity index (χ1v) is 10.4. The molecule has 1 unspecified atom stereocenters. The van der Waals surface area contributed by atoms with Gasteiger partial charge in [-0.3, -0.25) is 9.59 Å². The second-order valence-electron chi connectivity index (χ2n) is 7.35. The molecule has 9 heteroatoms. The fourth-order valence-electron chi connectivity index (χ4n) is 3.29. The quantitative estimate of drug-likeness (QED) is 0.823. The summed E-state index contributed by atoms with van der Waals surface area (Å²) in [5.74, 6) is 1.02. The van der Waals surface area contributed by atoms with Crippen molar-refractivity contribution in [1.82, 2.24) is 25.2 Å². The number of anilines is 1. The average Bonchev–Trinajstić information content (AvgIpc) is 3.48. The second kappa shape index (κ2) is 7.83. The number of aromatic nitrogens is 3. The van der Waals surface area contributed by atoms with Crippen molar-refractivity contribution in [3.05, 3.63) is 34.2 Å². The lowest BCUT2D eigenvalue weighted by molar-refractivity contribution is -0.132. The maximum absolute atomic E-state index is 12.6. The second-order valence-corrected chi connectivity index (χ2v) is 8.62. The summed E-state index contributed by atoms with van der Waals surface area (Å²) in [4.78, 5) is 42.7. The molecule has 148 valence electrons. The highest BCUT2D eigenvalue weighted by Gasteiger charge is 2.34. The van der Waals surface area contributed by atoms with E-state index in [0.29, 0.717) is 31.9 Å². The van der Waals surface area contributed by atoms with Gasteiger partial charge in [0.05, 0.1) is 6.04 Å². The topological polar surface area (TPSA) is 91.3 Å². The molecule has 28 heavy (non-hydrogen) atoms. The lowest BCUT2D eigenvalue weighted by Crippen LogP contribution is -2.49. The number of hydrogen-bond acceptors (Lipinski definition) is 7. The van der Waals surface area contributed by atoms with E-state index in [1.807, 2.05) is 18.7 Å². The van der Waals surface area contributed by atoms with Crippen LogP contribution in [0.3, 0.4) is 0 Å². The fourth-order valence-corrected chi connectivity index (χ4v) is 4.07. The van der Waals surface area contributed by atoms with Crippen LogP contribution in [-0.2, 0) is 4.79 Å². The van der Waals surface area contributed by atoms with Crippen molar-refractivity contribution in [1.29, 1.82) is 0 Å². The molecule has 1 saturated carbocycles. The van der Waals surface area contributed by atoms with Gasteiger partial charge in [-0.25, -0.2) is 15.0 Å². The maximum Gasteiger partial charge on any atom is 0.270 e. The van der Waals surface area contributed by atoms with Gasteiger partial charge >= 0.3 is 0 Å². The third kappa shape index (κ3) is 4.14. The van der Waals surface area contributed by atoms with Gasteiger partial charge in [0, 0.05) is 49.2 Å². The molecule has 1 N–H and O–H groups in total. The Bertz CT molecular complexity index is 873. The zero-order chi connectivity index (χ0) is 19.7. The first-order valence-electron chi connectivity index (χ1n) is 9.60. The van der Waals surface area contributed by atoms with Crippen LogP contribution in [0, 0.1) is 12.8 Å². The molecule has 2 fully saturated rings. The zero-order valence-electron chi connectivity index (χ0n) is 16.1. The Morgan fingerprint density at radius 3 is 2.57 bits per heavy atom. The molecular weight excluding hydrogens is 376 g/mol. The number of rotatable bonds is 5. The molecule has 4 rings (SSSR count). The standard InChI is InChI=1S/C19H24N6O2S/c1-12-10-20-18(28-12)13(2)23-17(26)15-9-16(22-11-21-15)24-5-7-25(8-6-24)19(27)14-3-4-14/h9-11,13-14H,3-8H2,1-2H3,(H,23,26). The lowest BCUT2D eigenvalue weighted by Gasteiger charge is -2.35. The number of piperazine rings is 1. The summed E-state index contributed by atoms with van der Waals surface area (Å²) < 4.78 is 0. The van der Waals surface area contributed by atoms with Crippen LogP contribution in [0.15, 0.2) is 18.6 Å². The van der Waals surface area contributed by atoms with E-state index >= 15 is 0 Å². The summed E-state index contributed by atoms with van der Waals surface area (Å²) in [6.45, 7) is 6.72. The minimum atomic E-state index is -0.244. The summed E-state index contributed by atoms with van der Waals surface area (Å²) in [5, 5.41) is 3.82. The summed E-state index contributed by atoms with van der Waals surface area (Å²) in [6.07, 6.45) is 5.29. The van der Waals surface area contributed by atoms with Crippen molar-refractivity contribution in [2.45, 2.75) is 32.7 Å². The van der Waals surface area contributed by atoms with Gasteiger partial charge in [-0.2, -0.15) is 0 Å². The summed E-state index contributed by atoms with van der Waals surface area (Å²) >= 11 is 1.57. The Labute approximate surface area is 168 Å². The number of amides is 2. The minimum Gasteiger partial charge on any atom is -0.353 e. The van der Waals surface area contributed by atoms with E-state index in [-0.39, 0.29) is 23.8 Å². The largest absolute Gasteiger partial charge is 0.353 e. The molecule has 2 aromatic rings. The number of carbonyl (C=O) groups is 2. The number of thiazole rings is 1. The molecule has 0 spiro atoms. The van der Waals surface area contributed by atoms with Crippen LogP contribution in [0.2, 0.25) is 0 Å². The molecule has 8 nitrogen and oxygen atoms in total. The zero-order valence-corrected chi connectivity index (χ0v) is 16.9. The first-order chi connectivity index (χ1) is 13.5. The van der Waals surface area contributed by atoms with Gasteiger partial charge in [0.2, 0.25) is 5.91 Å². The van der Waals surface area contributed by atoms with Crippen molar-refractivity contribution in [2.75, 3.05) is 31.1 Å². The van der Waals surface area contributed by atoms with E-state index in [2.05, 4.69) is 25.2 Å². The highest BCUT2D eigenvalue weighted by atomic mass is 32.1. The van der Waals surface area contributed by atoms with Crippen molar-refractivity contribution in [3.63, 3.8) is 0 Å². The van der Waals surface area contributed by atoms with E-state index in [1.54, 1.807) is 23.6 Å². The Balaban J connectivity index is 1.37. The number of carbonyl (C=O) groups excluding carboxylic acids is 2. The molecule has 1 atom stereocenters. The molecule has 3 heterocycles. The molecule has 2 aromatic heterocycles. The summed E-state index contributed by atoms with van der Waals surface area (Å²) in [5.41, 5.74) is 0.335. The van der Waals surface area contributed by atoms with Crippen LogP contribution in [0.1, 0.15) is 46.2 Å². The molecule has 1 saturated heterocycles. The molecular formula is C19H24N6O2S. The highest BCUT2D eigenvalue weighted by molar-refractivity contribution is 7.11. The van der Waals surface area contributed by atoms with Crippen LogP contribution >= 0.6 is 11.3 Å². The van der Waals surface area contributed by atoms with Crippen molar-refractivity contribution in [2.24, 2.45) is 5.92 Å². The number of hydrogen-bond donors (Lipinski definition) is 1. The van der Waals surface area contributed by atoms with Gasteiger partial charge in [0.25, 0.3) is 5.91 Å². The summed E-state index contributed by atoms with van der Waals surface area (Å²) in [7, 11) is 0. The molecule has 1 aliphatic heterocycles. The molecule has 0 radical (unpaired) electrons. The van der Waals surface area contributed by atoms with Gasteiger partial charge in [-0.15, -0.1) is 11.3 Å². The normalized spacial score (nSPS) is 18.1. The molecule has 0 bridgehead atoms. The SMILES string of the molecule is Cc1cnc(C(C)NC(=O)c2cc(N3CCN(C(=O)C4CC4)CC3)ncn2)s1. The van der Waals surface area contributed by atoms with Gasteiger partial charge in [0.1, 0.15) is 22.8 Å². The van der Waals surface area contributed by atoms with E-state index < -0.39 is 0 Å². The van der Waals surface area contributed by atoms with Gasteiger partial charge in [-0.05, 0) is 26.7 Å². The van der Waals surface area contributed by atoms with E-state index in [4.69, 9.17) is 0 Å². The minimum absolute atomic E-state index is 0.179. The van der Waals surface area contributed by atoms with Gasteiger partial charge in [0.15, 0.2) is 0 Å². The molecule has 2 aliphatic rings. The summed E-state index contributed by atoms with van der Waals surface area (Å²) in [6, 6.07) is 1.54. The Morgan fingerprint density at radius 1 is 1.18 bits per heavy atom. The van der Waals surface area contributed by atoms with Gasteiger partial charge < -0.3 is 15.1 Å². The van der Waals surface area contributed by atoms with Crippen LogP contribution in [0.25, 0.3) is 0 Å². The van der Waals surface area contributed by atoms with Crippen molar-refractivity contribution in [3.8, 4) is 0 Å². The number of aryl methyl sites for hydroxylation is 1. The van der Waals surface area contributed by atoms with Crippen LogP contribution in [0.5, 0.6) is 0 Å². The maximum atomic E-state index is 12.6. The third-order valence-corrected chi connectivity index (χ3v) is 6.18. The van der Waals surface area contributed by atoms with Crippen molar-refractivity contribution < 1.29 is 9.59 Å². The Morgan fingerprint density at radius 2 is 1.93 bits per heavy atom. The number of nitrogens with zero attached hydrogens (tertiary/aromatic N) is 5. The Kier molecular flexibility index (Phi) is 5.25. The Hall–Kier alpha value is -2.55. The fraction of sp³-hybridized carbons (Fsp3) is 0.526. The predicted molar refractivity (Wildman–Crippen MR) is 106 cm³/mol. The first kappa shape index (κ1) is 18.8. The van der Waals surface area contributed by atoms with Gasteiger partial charge in [-0.1, -0.05) is 0 Å². The van der Waals surface area contributed by atoms with E-state index in [1.165, 1.54) is 6.33 Å². The monoisotopic (exact) mass is 400 g/mol. The highest BCUT2D eigenvalue weighted by Crippen LogP contribution is 2.31. The predicted octanol–water partition coefficient (Wildman–Crippen LogP) is 1.79. The van der Waals surface area contributed by atoms with Crippen molar-refractivity contribution >= 4 is 29.0 Å². The van der Waals surface area contributed by atoms with Crippen LogP contribution in [0.4, 0.5) is 5.82 Å². The van der Waals surface area contributed by atoms with E-state index in [9.17, 15) is 9.59 Å². The molecule has 2 amide bonds. The lowest BCUT2D eigenvalue weighted by atomic mass is 10.2. The molecule has 0 aromatic carbocycles. The third-order valence-electron chi connectivity index (χ3n) is 5.08. The number of nitrogens with one attached hydrogen (secondary N) is 1.